The van der Waals surface area contributed by atoms with Crippen molar-refractivity contribution >= 4 is 0 Å². The third-order valence-corrected chi connectivity index (χ3v) is 1.92. The predicted molar refractivity (Wildman–Crippen MR) is 40.0 cm³/mol. The van der Waals surface area contributed by atoms with Crippen molar-refractivity contribution < 1.29 is 35.9 Å². The van der Waals surface area contributed by atoms with E-state index in [4.69, 9.17) is 4.74 Å². The molecule has 1 aromatic heterocycles. The van der Waals surface area contributed by atoms with Crippen LogP contribution in [0.3, 0.4) is 0 Å². The van der Waals surface area contributed by atoms with Crippen LogP contribution in [-0.2, 0) is 11.3 Å². The van der Waals surface area contributed by atoms with Crippen LogP contribution in [0.25, 0.3) is 0 Å². The van der Waals surface area contributed by atoms with Crippen molar-refractivity contribution in [2.75, 3.05) is 6.61 Å². The molecule has 0 N–H and O–H groups in total. The zero-order valence-corrected chi connectivity index (χ0v) is 11.0. The van der Waals surface area contributed by atoms with Crippen LogP contribution < -0.4 is 0 Å². The van der Waals surface area contributed by atoms with Crippen LogP contribution in [-0.4, -0.2) is 22.5 Å². The SMILES string of the molecule is [U].[c-]1ccn(CC2CCCO2)n1. The molecule has 3 nitrogen and oxygen atoms in total. The van der Waals surface area contributed by atoms with E-state index in [2.05, 4.69) is 11.3 Å². The summed E-state index contributed by atoms with van der Waals surface area (Å²) in [6.45, 7) is 1.79. The van der Waals surface area contributed by atoms with Gasteiger partial charge in [-0.25, -0.2) is 0 Å². The normalized spacial score (nSPS) is 22.2. The molecule has 1 atom stereocenters. The number of hydrogen-bond donors (Lipinski definition) is 0. The number of hydrogen-bond acceptors (Lipinski definition) is 2. The second-order valence-corrected chi connectivity index (χ2v) is 2.80. The Balaban J connectivity index is 0.000000720. The molecule has 1 fully saturated rings. The molecule has 12 heavy (non-hydrogen) atoms. The Hall–Kier alpha value is 0.222. The monoisotopic (exact) mass is 389 g/mol. The Morgan fingerprint density at radius 3 is 3.17 bits per heavy atom. The molecule has 2 rings (SSSR count). The zero-order chi connectivity index (χ0) is 7.52. The standard InChI is InChI=1S/C8H11N2O.U/c1-3-8(11-6-1)7-10-5-2-4-9-10;/h2,5,8H,1,3,6-7H2;/q-1;. The van der Waals surface area contributed by atoms with E-state index in [1.165, 1.54) is 12.8 Å². The van der Waals surface area contributed by atoms with Gasteiger partial charge in [0, 0.05) is 44.3 Å². The second kappa shape index (κ2) is 5.06. The molecule has 0 aromatic carbocycles. The van der Waals surface area contributed by atoms with Gasteiger partial charge >= 0.3 is 0 Å². The summed E-state index contributed by atoms with van der Waals surface area (Å²) < 4.78 is 7.32. The van der Waals surface area contributed by atoms with E-state index < -0.39 is 0 Å². The van der Waals surface area contributed by atoms with Crippen LogP contribution in [0.4, 0.5) is 0 Å². The zero-order valence-electron chi connectivity index (χ0n) is 6.86. The minimum absolute atomic E-state index is 0. The molecule has 1 aliphatic heterocycles. The maximum absolute atomic E-state index is 5.45. The summed E-state index contributed by atoms with van der Waals surface area (Å²) in [5, 5.41) is 3.99. The Morgan fingerprint density at radius 2 is 2.58 bits per heavy atom. The van der Waals surface area contributed by atoms with Gasteiger partial charge in [0.1, 0.15) is 0 Å². The first-order valence-corrected chi connectivity index (χ1v) is 3.96. The van der Waals surface area contributed by atoms with Crippen molar-refractivity contribution in [3.63, 3.8) is 0 Å². The van der Waals surface area contributed by atoms with Gasteiger partial charge in [0.05, 0.1) is 6.10 Å². The first-order valence-electron chi connectivity index (χ1n) is 3.96. The number of aromatic nitrogens is 2. The van der Waals surface area contributed by atoms with E-state index >= 15 is 0 Å². The molecule has 1 aliphatic rings. The Kier molecular flexibility index (Phi) is 4.35. The largest absolute Gasteiger partial charge is 0.376 e. The van der Waals surface area contributed by atoms with Crippen LogP contribution in [0.2, 0.25) is 0 Å². The summed E-state index contributed by atoms with van der Waals surface area (Å²) in [6, 6.07) is 1.81. The van der Waals surface area contributed by atoms with Crippen molar-refractivity contribution in [2.24, 2.45) is 0 Å². The first-order chi connectivity index (χ1) is 5.45. The maximum atomic E-state index is 5.45. The topological polar surface area (TPSA) is 27.1 Å². The van der Waals surface area contributed by atoms with E-state index in [0.29, 0.717) is 6.10 Å². The quantitative estimate of drug-likeness (QED) is 0.702. The van der Waals surface area contributed by atoms with Crippen LogP contribution in [0.5, 0.6) is 0 Å². The van der Waals surface area contributed by atoms with Gasteiger partial charge in [-0.1, -0.05) is 0 Å². The molecule has 1 unspecified atom stereocenters. The fourth-order valence-electron chi connectivity index (χ4n) is 1.36. The Morgan fingerprint density at radius 1 is 1.67 bits per heavy atom. The van der Waals surface area contributed by atoms with Crippen molar-refractivity contribution in [3.05, 3.63) is 18.5 Å². The molecule has 64 valence electrons. The molecule has 0 saturated carbocycles. The fourth-order valence-corrected chi connectivity index (χ4v) is 1.36. The molecule has 0 aliphatic carbocycles. The van der Waals surface area contributed by atoms with E-state index in [1.807, 2.05) is 16.9 Å². The molecular formula is C8H11N2OU-. The third kappa shape index (κ3) is 2.62. The predicted octanol–water partition coefficient (Wildman–Crippen LogP) is 0.862. The van der Waals surface area contributed by atoms with Crippen LogP contribution in [0.15, 0.2) is 12.3 Å². The molecule has 0 amide bonds. The number of rotatable bonds is 2. The van der Waals surface area contributed by atoms with Gasteiger partial charge < -0.3 is 14.5 Å². The number of nitrogens with zero attached hydrogens (tertiary/aromatic N) is 2. The van der Waals surface area contributed by atoms with Crippen LogP contribution in [0.1, 0.15) is 12.8 Å². The Bertz CT molecular complexity index is 207. The van der Waals surface area contributed by atoms with Gasteiger partial charge in [0.15, 0.2) is 0 Å². The molecule has 0 radical (unpaired) electrons. The van der Waals surface area contributed by atoms with E-state index in [0.717, 1.165) is 13.2 Å². The minimum Gasteiger partial charge on any atom is -0.376 e. The van der Waals surface area contributed by atoms with Crippen molar-refractivity contribution in [1.29, 1.82) is 0 Å². The summed E-state index contributed by atoms with van der Waals surface area (Å²) in [7, 11) is 0. The number of ether oxygens (including phenoxy) is 1. The van der Waals surface area contributed by atoms with Crippen molar-refractivity contribution in [1.82, 2.24) is 9.78 Å². The summed E-state index contributed by atoms with van der Waals surface area (Å²) in [5.41, 5.74) is 0. The summed E-state index contributed by atoms with van der Waals surface area (Å²) in [5.74, 6) is 0. The molecule has 4 heteroatoms. The third-order valence-electron chi connectivity index (χ3n) is 1.92. The second-order valence-electron chi connectivity index (χ2n) is 2.80. The molecular weight excluding hydrogens is 378 g/mol. The van der Waals surface area contributed by atoms with E-state index in [9.17, 15) is 0 Å². The maximum Gasteiger partial charge on any atom is 0.0753 e. The Labute approximate surface area is 95.9 Å². The van der Waals surface area contributed by atoms with Crippen molar-refractivity contribution in [3.8, 4) is 0 Å². The van der Waals surface area contributed by atoms with Gasteiger partial charge in [-0.15, -0.1) is 12.4 Å². The van der Waals surface area contributed by atoms with E-state index in [1.54, 1.807) is 0 Å². The van der Waals surface area contributed by atoms with Crippen LogP contribution in [0, 0.1) is 37.3 Å². The van der Waals surface area contributed by atoms with Gasteiger partial charge in [-0.05, 0) is 12.8 Å². The molecule has 1 aromatic rings. The molecule has 0 bridgehead atoms. The summed E-state index contributed by atoms with van der Waals surface area (Å²) in [6.07, 6.45) is 7.41. The van der Waals surface area contributed by atoms with Crippen LogP contribution >= 0.6 is 0 Å². The summed E-state index contributed by atoms with van der Waals surface area (Å²) >= 11 is 0. The molecule has 1 saturated heterocycles. The van der Waals surface area contributed by atoms with E-state index in [-0.39, 0.29) is 31.1 Å². The molecule has 0 spiro atoms. The smallest absolute Gasteiger partial charge is 0.0753 e. The minimum atomic E-state index is 0. The average molecular weight is 389 g/mol. The van der Waals surface area contributed by atoms with Gasteiger partial charge in [0.25, 0.3) is 0 Å². The fraction of sp³-hybridized carbons (Fsp3) is 0.625. The van der Waals surface area contributed by atoms with Gasteiger partial charge in [-0.3, -0.25) is 0 Å². The van der Waals surface area contributed by atoms with Gasteiger partial charge in [-0.2, -0.15) is 6.07 Å². The average Bonchev–Trinajstić information content (AvgIpc) is 2.60. The molecule has 2 heterocycles. The van der Waals surface area contributed by atoms with Gasteiger partial charge in [0.2, 0.25) is 0 Å². The first kappa shape index (κ1) is 10.3. The summed E-state index contributed by atoms with van der Waals surface area (Å²) in [4.78, 5) is 0. The van der Waals surface area contributed by atoms with Crippen molar-refractivity contribution in [2.45, 2.75) is 25.5 Å².